The van der Waals surface area contributed by atoms with E-state index in [9.17, 15) is 9.59 Å². The lowest BCUT2D eigenvalue weighted by Gasteiger charge is -2.43. The number of fused-ring (bicyclic) bond motifs is 1. The quantitative estimate of drug-likeness (QED) is 0.694. The van der Waals surface area contributed by atoms with Crippen LogP contribution in [0.2, 0.25) is 0 Å². The lowest BCUT2D eigenvalue weighted by molar-refractivity contribution is -0.118. The summed E-state index contributed by atoms with van der Waals surface area (Å²) in [6.45, 7) is 5.56. The van der Waals surface area contributed by atoms with Gasteiger partial charge in [0.2, 0.25) is 5.90 Å². The summed E-state index contributed by atoms with van der Waals surface area (Å²) in [4.78, 5) is 33.2. The molecule has 0 spiro atoms. The number of amides is 2. The predicted molar refractivity (Wildman–Crippen MR) is 130 cm³/mol. The highest BCUT2D eigenvalue weighted by molar-refractivity contribution is 6.23. The molecule has 2 amide bonds. The van der Waals surface area contributed by atoms with E-state index in [1.54, 1.807) is 0 Å². The molecule has 5 rings (SSSR count). The smallest absolute Gasteiger partial charge is 0.408 e. The van der Waals surface area contributed by atoms with Crippen LogP contribution in [0, 0.1) is 5.92 Å². The fourth-order valence-electron chi connectivity index (χ4n) is 4.61. The van der Waals surface area contributed by atoms with Crippen LogP contribution in [0.1, 0.15) is 56.7 Å². The van der Waals surface area contributed by atoms with Gasteiger partial charge < -0.3 is 14.8 Å². The first-order chi connectivity index (χ1) is 16.3. The molecule has 1 saturated carbocycles. The molecule has 2 aromatic carbocycles. The van der Waals surface area contributed by atoms with Crippen molar-refractivity contribution in [1.82, 2.24) is 5.32 Å². The summed E-state index contributed by atoms with van der Waals surface area (Å²) in [6.07, 6.45) is 3.57. The van der Waals surface area contributed by atoms with E-state index in [1.165, 1.54) is 6.34 Å². The Morgan fingerprint density at radius 2 is 1.76 bits per heavy atom. The van der Waals surface area contributed by atoms with Crippen LogP contribution >= 0.6 is 0 Å². The normalized spacial score (nSPS) is 20.7. The van der Waals surface area contributed by atoms with Gasteiger partial charge in [0, 0.05) is 11.1 Å². The van der Waals surface area contributed by atoms with E-state index >= 15 is 0 Å². The molecule has 1 fully saturated rings. The fraction of sp³-hybridized carbons (Fsp3) is 0.333. The lowest BCUT2D eigenvalue weighted by Crippen LogP contribution is -2.52. The number of hydrogen-bond donors (Lipinski definition) is 1. The highest BCUT2D eigenvalue weighted by Crippen LogP contribution is 2.44. The van der Waals surface area contributed by atoms with E-state index in [2.05, 4.69) is 15.3 Å². The molecule has 2 aromatic rings. The van der Waals surface area contributed by atoms with E-state index < -0.39 is 23.2 Å². The largest absolute Gasteiger partial charge is 0.444 e. The van der Waals surface area contributed by atoms with Crippen molar-refractivity contribution in [3.05, 3.63) is 71.3 Å². The minimum absolute atomic E-state index is 0.287. The Morgan fingerprint density at radius 1 is 1.06 bits per heavy atom. The van der Waals surface area contributed by atoms with Gasteiger partial charge in [-0.3, -0.25) is 4.79 Å². The van der Waals surface area contributed by atoms with E-state index in [-0.39, 0.29) is 5.91 Å². The summed E-state index contributed by atoms with van der Waals surface area (Å²) < 4.78 is 11.6. The van der Waals surface area contributed by atoms with Crippen LogP contribution in [0.3, 0.4) is 0 Å². The minimum atomic E-state index is -0.645. The molecular formula is C27H27N3O4. The Hall–Kier alpha value is -3.74. The SMILES string of the molecule is CC(C)(C)OC(=O)NC1(c2ccc(C3=C(c4ccccc4)C4C(=O)N=CN=C4O3)cc2)CCC1. The van der Waals surface area contributed by atoms with Gasteiger partial charge in [0.1, 0.15) is 23.6 Å². The van der Waals surface area contributed by atoms with E-state index in [0.29, 0.717) is 11.7 Å². The Bertz CT molecular complexity index is 1220. The maximum atomic E-state index is 12.6. The zero-order valence-electron chi connectivity index (χ0n) is 19.5. The monoisotopic (exact) mass is 457 g/mol. The second kappa shape index (κ2) is 8.24. The third-order valence-electron chi connectivity index (χ3n) is 6.34. The second-order valence-corrected chi connectivity index (χ2v) is 9.83. The molecule has 0 aromatic heterocycles. The number of ether oxygens (including phenoxy) is 2. The first kappa shape index (κ1) is 22.1. The van der Waals surface area contributed by atoms with Gasteiger partial charge in [-0.1, -0.05) is 54.6 Å². The second-order valence-electron chi connectivity index (χ2n) is 9.83. The lowest BCUT2D eigenvalue weighted by atomic mass is 9.71. The zero-order chi connectivity index (χ0) is 23.9. The molecule has 7 heteroatoms. The number of aliphatic imine (C=N–C) groups is 2. The maximum absolute atomic E-state index is 12.6. The summed E-state index contributed by atoms with van der Waals surface area (Å²) in [7, 11) is 0. The number of nitrogens with zero attached hydrogens (tertiary/aromatic N) is 2. The molecule has 34 heavy (non-hydrogen) atoms. The predicted octanol–water partition coefficient (Wildman–Crippen LogP) is 5.07. The van der Waals surface area contributed by atoms with Crippen LogP contribution in [0.4, 0.5) is 4.79 Å². The van der Waals surface area contributed by atoms with Gasteiger partial charge in [-0.05, 0) is 51.2 Å². The molecule has 2 heterocycles. The molecular weight excluding hydrogens is 430 g/mol. The Morgan fingerprint density at radius 3 is 2.38 bits per heavy atom. The molecule has 1 N–H and O–H groups in total. The van der Waals surface area contributed by atoms with Crippen molar-refractivity contribution in [2.75, 3.05) is 0 Å². The summed E-state index contributed by atoms with van der Waals surface area (Å²) in [5.74, 6) is 0.0161. The van der Waals surface area contributed by atoms with Gasteiger partial charge in [-0.25, -0.2) is 14.8 Å². The van der Waals surface area contributed by atoms with Crippen LogP contribution in [0.15, 0.2) is 64.6 Å². The molecule has 174 valence electrons. The molecule has 0 radical (unpaired) electrons. The van der Waals surface area contributed by atoms with Gasteiger partial charge in [0.25, 0.3) is 5.91 Å². The summed E-state index contributed by atoms with van der Waals surface area (Å²) in [5, 5.41) is 3.09. The van der Waals surface area contributed by atoms with Crippen LogP contribution in [0.5, 0.6) is 0 Å². The highest BCUT2D eigenvalue weighted by Gasteiger charge is 2.43. The van der Waals surface area contributed by atoms with E-state index in [4.69, 9.17) is 9.47 Å². The molecule has 7 nitrogen and oxygen atoms in total. The van der Waals surface area contributed by atoms with E-state index in [1.807, 2.05) is 75.4 Å². The van der Waals surface area contributed by atoms with Crippen LogP contribution in [-0.2, 0) is 19.8 Å². The molecule has 1 atom stereocenters. The van der Waals surface area contributed by atoms with Crippen LogP contribution < -0.4 is 5.32 Å². The van der Waals surface area contributed by atoms with Crippen molar-refractivity contribution in [2.45, 2.75) is 51.2 Å². The van der Waals surface area contributed by atoms with Crippen molar-refractivity contribution in [2.24, 2.45) is 15.9 Å². The third-order valence-corrected chi connectivity index (χ3v) is 6.34. The van der Waals surface area contributed by atoms with Gasteiger partial charge in [-0.15, -0.1) is 0 Å². The van der Waals surface area contributed by atoms with Crippen molar-refractivity contribution in [3.8, 4) is 0 Å². The number of hydrogen-bond acceptors (Lipinski definition) is 5. The molecule has 0 bridgehead atoms. The summed E-state index contributed by atoms with van der Waals surface area (Å²) in [5.41, 5.74) is 2.51. The van der Waals surface area contributed by atoms with Crippen LogP contribution in [-0.4, -0.2) is 29.8 Å². The Balaban J connectivity index is 1.48. The average molecular weight is 458 g/mol. The first-order valence-corrected chi connectivity index (χ1v) is 11.5. The maximum Gasteiger partial charge on any atom is 0.408 e. The minimum Gasteiger partial charge on any atom is -0.444 e. The average Bonchev–Trinajstić information content (AvgIpc) is 3.17. The first-order valence-electron chi connectivity index (χ1n) is 11.5. The summed E-state index contributed by atoms with van der Waals surface area (Å²) in [6, 6.07) is 17.6. The number of rotatable bonds is 4. The number of carbonyl (C=O) groups excluding carboxylic acids is 2. The van der Waals surface area contributed by atoms with Crippen molar-refractivity contribution >= 4 is 35.6 Å². The molecule has 3 aliphatic rings. The number of benzene rings is 2. The summed E-state index contributed by atoms with van der Waals surface area (Å²) >= 11 is 0. The van der Waals surface area contributed by atoms with Crippen molar-refractivity contribution < 1.29 is 19.1 Å². The topological polar surface area (TPSA) is 89.3 Å². The molecule has 2 aliphatic heterocycles. The van der Waals surface area contributed by atoms with Crippen LogP contribution in [0.25, 0.3) is 11.3 Å². The fourth-order valence-corrected chi connectivity index (χ4v) is 4.61. The van der Waals surface area contributed by atoms with Gasteiger partial charge in [0.05, 0.1) is 5.54 Å². The number of alkyl carbamates (subject to hydrolysis) is 1. The van der Waals surface area contributed by atoms with Gasteiger partial charge >= 0.3 is 6.09 Å². The Labute approximate surface area is 198 Å². The Kier molecular flexibility index (Phi) is 5.35. The van der Waals surface area contributed by atoms with Gasteiger partial charge in [-0.2, -0.15) is 0 Å². The number of carbonyl (C=O) groups is 2. The third kappa shape index (κ3) is 4.02. The standard InChI is InChI=1S/C27H27N3O4/c1-26(2,3)34-25(32)30-27(14-7-15-27)19-12-10-18(11-13-19)22-20(17-8-5-4-6-9-17)21-23(31)28-16-29-24(21)33-22/h4-6,8-13,16,21H,7,14-15H2,1-3H3,(H,30,32). The van der Waals surface area contributed by atoms with Crippen molar-refractivity contribution in [3.63, 3.8) is 0 Å². The molecule has 1 unspecified atom stereocenters. The number of nitrogens with one attached hydrogen (secondary N) is 1. The molecule has 1 aliphatic carbocycles. The molecule has 0 saturated heterocycles. The zero-order valence-corrected chi connectivity index (χ0v) is 19.5. The van der Waals surface area contributed by atoms with Gasteiger partial charge in [0.15, 0.2) is 0 Å². The highest BCUT2D eigenvalue weighted by atomic mass is 16.6. The van der Waals surface area contributed by atoms with Crippen molar-refractivity contribution in [1.29, 1.82) is 0 Å². The van der Waals surface area contributed by atoms with E-state index in [0.717, 1.165) is 41.5 Å².